The number of benzene rings is 2. The lowest BCUT2D eigenvalue weighted by Crippen LogP contribution is -2.44. The lowest BCUT2D eigenvalue weighted by molar-refractivity contribution is 0.0351. The number of nitrogens with zero attached hydrogens (tertiary/aromatic N) is 6. The van der Waals surface area contributed by atoms with Gasteiger partial charge in [-0.3, -0.25) is 4.79 Å². The first-order valence-electron chi connectivity index (χ1n) is 18.0. The van der Waals surface area contributed by atoms with E-state index in [1.54, 1.807) is 132 Å². The third kappa shape index (κ3) is 12.2. The lowest BCUT2D eigenvalue weighted by atomic mass is 10.2. The molecule has 0 bridgehead atoms. The van der Waals surface area contributed by atoms with Gasteiger partial charge < -0.3 is 24.3 Å². The molecular formula is C39H53N7O9. The van der Waals surface area contributed by atoms with Gasteiger partial charge in [0.15, 0.2) is 0 Å². The van der Waals surface area contributed by atoms with Crippen molar-refractivity contribution in [3.8, 4) is 0 Å². The molecule has 2 aromatic carbocycles. The van der Waals surface area contributed by atoms with Crippen LogP contribution in [-0.2, 0) is 18.9 Å². The molecule has 2 heterocycles. The van der Waals surface area contributed by atoms with E-state index >= 15 is 0 Å². The van der Waals surface area contributed by atoms with E-state index in [-0.39, 0.29) is 38.1 Å². The van der Waals surface area contributed by atoms with Gasteiger partial charge in [-0.15, -0.1) is 0 Å². The summed E-state index contributed by atoms with van der Waals surface area (Å²) in [4.78, 5) is 79.7. The van der Waals surface area contributed by atoms with Crippen LogP contribution in [0.4, 0.5) is 36.2 Å². The predicted octanol–water partition coefficient (Wildman–Crippen LogP) is 7.89. The molecule has 0 spiro atoms. The van der Waals surface area contributed by atoms with Gasteiger partial charge >= 0.3 is 24.4 Å². The van der Waals surface area contributed by atoms with E-state index in [1.807, 2.05) is 0 Å². The molecule has 1 N–H and O–H groups in total. The fourth-order valence-electron chi connectivity index (χ4n) is 5.03. The van der Waals surface area contributed by atoms with Crippen molar-refractivity contribution >= 4 is 59.3 Å². The fourth-order valence-corrected chi connectivity index (χ4v) is 5.03. The molecule has 298 valence electrons. The fraction of sp³-hybridized carbons (Fsp3) is 0.513. The zero-order valence-electron chi connectivity index (χ0n) is 33.8. The van der Waals surface area contributed by atoms with E-state index in [0.29, 0.717) is 22.6 Å². The zero-order valence-corrected chi connectivity index (χ0v) is 33.8. The number of ether oxygens (including phenoxy) is 4. The number of hydrogen-bond acceptors (Lipinski definition) is 11. The highest BCUT2D eigenvalue weighted by Gasteiger charge is 2.41. The molecule has 0 aromatic heterocycles. The SMILES string of the molecule is CC(C)(C)OC(=O)N1CCN(C(=O)OC(C)(C)C)C1=Nc1ccc(NC(=O)c2ccc(N=C3N(C(=O)OC(C)(C)C)CCN3C(=O)OC(C)(C)C)cc2)cc1. The first kappa shape index (κ1) is 42.1. The third-order valence-corrected chi connectivity index (χ3v) is 7.23. The molecule has 0 atom stereocenters. The van der Waals surface area contributed by atoms with Gasteiger partial charge in [0, 0.05) is 11.3 Å². The molecule has 2 aromatic rings. The summed E-state index contributed by atoms with van der Waals surface area (Å²) >= 11 is 0. The Morgan fingerprint density at radius 1 is 0.473 bits per heavy atom. The van der Waals surface area contributed by atoms with Crippen LogP contribution in [0.15, 0.2) is 58.5 Å². The first-order valence-corrected chi connectivity index (χ1v) is 18.0. The minimum absolute atomic E-state index is 0.0467. The van der Waals surface area contributed by atoms with Crippen molar-refractivity contribution in [1.29, 1.82) is 0 Å². The quantitative estimate of drug-likeness (QED) is 0.304. The van der Waals surface area contributed by atoms with Crippen molar-refractivity contribution in [3.05, 3.63) is 54.1 Å². The molecule has 2 saturated heterocycles. The van der Waals surface area contributed by atoms with Gasteiger partial charge in [-0.1, -0.05) is 0 Å². The molecule has 4 rings (SSSR count). The van der Waals surface area contributed by atoms with E-state index in [1.165, 1.54) is 19.6 Å². The average molecular weight is 764 g/mol. The minimum Gasteiger partial charge on any atom is -0.443 e. The standard InChI is InChI=1S/C39H53N7O9/c1-36(2,3)52-32(48)43-21-22-44(33(49)53-37(4,5)6)30(43)41-27-15-13-25(14-16-27)29(47)40-26-17-19-28(20-18-26)42-31-45(34(50)54-38(7,8)9)23-24-46(31)35(51)55-39(10,11)12/h13-20H,21-24H2,1-12H3,(H,40,47). The predicted molar refractivity (Wildman–Crippen MR) is 207 cm³/mol. The van der Waals surface area contributed by atoms with Gasteiger partial charge in [0.1, 0.15) is 22.4 Å². The summed E-state index contributed by atoms with van der Waals surface area (Å²) in [6.07, 6.45) is -2.62. The Morgan fingerprint density at radius 3 is 1.02 bits per heavy atom. The van der Waals surface area contributed by atoms with E-state index in [9.17, 15) is 24.0 Å². The first-order chi connectivity index (χ1) is 25.3. The number of guanidine groups is 2. The van der Waals surface area contributed by atoms with E-state index in [2.05, 4.69) is 15.3 Å². The Balaban J connectivity index is 1.52. The molecule has 16 heteroatoms. The largest absolute Gasteiger partial charge is 0.443 e. The Bertz CT molecular complexity index is 1750. The second kappa shape index (κ2) is 16.0. The number of aliphatic imine (C=N–C) groups is 2. The van der Waals surface area contributed by atoms with Crippen molar-refractivity contribution < 1.29 is 42.9 Å². The van der Waals surface area contributed by atoms with Gasteiger partial charge in [0.05, 0.1) is 37.6 Å². The van der Waals surface area contributed by atoms with Crippen molar-refractivity contribution in [2.24, 2.45) is 9.98 Å². The third-order valence-electron chi connectivity index (χ3n) is 7.23. The summed E-state index contributed by atoms with van der Waals surface area (Å²) in [6.45, 7) is 21.6. The second-order valence-electron chi connectivity index (χ2n) is 16.9. The Hall–Kier alpha value is -5.67. The summed E-state index contributed by atoms with van der Waals surface area (Å²) in [5.41, 5.74) is -1.50. The van der Waals surface area contributed by atoms with Crippen molar-refractivity contribution in [2.45, 2.75) is 105 Å². The molecule has 2 aliphatic rings. The lowest BCUT2D eigenvalue weighted by Gasteiger charge is -2.27. The van der Waals surface area contributed by atoms with E-state index in [4.69, 9.17) is 18.9 Å². The van der Waals surface area contributed by atoms with Gasteiger partial charge in [0.2, 0.25) is 11.9 Å². The van der Waals surface area contributed by atoms with Crippen molar-refractivity contribution in [1.82, 2.24) is 19.6 Å². The topological polar surface area (TPSA) is 172 Å². The minimum atomic E-state index is -0.771. The highest BCUT2D eigenvalue weighted by molar-refractivity contribution is 6.06. The molecule has 0 radical (unpaired) electrons. The molecule has 16 nitrogen and oxygen atoms in total. The molecule has 0 unspecified atom stereocenters. The van der Waals surface area contributed by atoms with E-state index < -0.39 is 52.7 Å². The van der Waals surface area contributed by atoms with Crippen LogP contribution in [0.2, 0.25) is 0 Å². The average Bonchev–Trinajstić information content (AvgIpc) is 3.64. The van der Waals surface area contributed by atoms with Crippen LogP contribution >= 0.6 is 0 Å². The van der Waals surface area contributed by atoms with Crippen molar-refractivity contribution in [2.75, 3.05) is 31.5 Å². The summed E-state index contributed by atoms with van der Waals surface area (Å²) in [5.74, 6) is -0.303. The van der Waals surface area contributed by atoms with Crippen LogP contribution in [0.1, 0.15) is 93.4 Å². The second-order valence-corrected chi connectivity index (χ2v) is 16.9. The maximum atomic E-state index is 13.2. The Morgan fingerprint density at radius 2 is 0.745 bits per heavy atom. The molecule has 0 saturated carbocycles. The summed E-state index contributed by atoms with van der Waals surface area (Å²) in [7, 11) is 0. The van der Waals surface area contributed by atoms with Crippen LogP contribution in [0.5, 0.6) is 0 Å². The Kier molecular flexibility index (Phi) is 12.2. The Labute approximate surface area is 322 Å². The summed E-state index contributed by atoms with van der Waals surface area (Å²) < 4.78 is 22.2. The molecule has 5 amide bonds. The number of carbonyl (C=O) groups is 5. The van der Waals surface area contributed by atoms with Crippen LogP contribution < -0.4 is 5.32 Å². The summed E-state index contributed by atoms with van der Waals surface area (Å²) in [5, 5.41) is 2.83. The molecule has 0 aliphatic carbocycles. The monoisotopic (exact) mass is 763 g/mol. The highest BCUT2D eigenvalue weighted by atomic mass is 16.6. The maximum absolute atomic E-state index is 13.2. The number of amides is 5. The normalized spacial score (nSPS) is 15.1. The smallest absolute Gasteiger partial charge is 0.417 e. The summed E-state index contributed by atoms with van der Waals surface area (Å²) in [6, 6.07) is 12.9. The molecule has 55 heavy (non-hydrogen) atoms. The van der Waals surface area contributed by atoms with Gasteiger partial charge in [-0.2, -0.15) is 0 Å². The molecule has 2 aliphatic heterocycles. The van der Waals surface area contributed by atoms with Gasteiger partial charge in [0.25, 0.3) is 5.91 Å². The highest BCUT2D eigenvalue weighted by Crippen LogP contribution is 2.26. The van der Waals surface area contributed by atoms with Crippen LogP contribution in [-0.4, -0.2) is 110 Å². The van der Waals surface area contributed by atoms with Crippen LogP contribution in [0.3, 0.4) is 0 Å². The molecule has 2 fully saturated rings. The molecular weight excluding hydrogens is 710 g/mol. The zero-order chi connectivity index (χ0) is 41.1. The van der Waals surface area contributed by atoms with E-state index in [0.717, 1.165) is 0 Å². The number of carbonyl (C=O) groups excluding carboxylic acids is 5. The number of nitrogens with one attached hydrogen (secondary N) is 1. The van der Waals surface area contributed by atoms with Gasteiger partial charge in [-0.25, -0.2) is 48.8 Å². The van der Waals surface area contributed by atoms with Crippen LogP contribution in [0.25, 0.3) is 0 Å². The van der Waals surface area contributed by atoms with Crippen LogP contribution in [0, 0.1) is 0 Å². The van der Waals surface area contributed by atoms with Crippen molar-refractivity contribution in [3.63, 3.8) is 0 Å². The number of rotatable bonds is 4. The van der Waals surface area contributed by atoms with Gasteiger partial charge in [-0.05, 0) is 132 Å². The maximum Gasteiger partial charge on any atom is 0.417 e. The number of anilines is 1. The number of hydrogen-bond donors (Lipinski definition) is 1.